The zero-order valence-electron chi connectivity index (χ0n) is 36.2. The van der Waals surface area contributed by atoms with Gasteiger partial charge in [0, 0.05) is 13.0 Å². The fourth-order valence-electron chi connectivity index (χ4n) is 6.95. The molecule has 0 rings (SSSR count). The molecule has 0 radical (unpaired) electrons. The van der Waals surface area contributed by atoms with Crippen LogP contribution in [0.3, 0.4) is 0 Å². The van der Waals surface area contributed by atoms with Crippen LogP contribution in [0.1, 0.15) is 232 Å². The van der Waals surface area contributed by atoms with Gasteiger partial charge in [0.2, 0.25) is 5.91 Å². The lowest BCUT2D eigenvalue weighted by Crippen LogP contribution is -2.45. The molecule has 1 amide bonds. The van der Waals surface area contributed by atoms with E-state index < -0.39 is 20.0 Å². The number of hydrogen-bond acceptors (Lipinski definition) is 6. The van der Waals surface area contributed by atoms with E-state index in [2.05, 4.69) is 31.3 Å². The molecule has 0 aliphatic carbocycles. The molecule has 55 heavy (non-hydrogen) atoms. The van der Waals surface area contributed by atoms with E-state index in [0.29, 0.717) is 6.42 Å². The first-order valence-corrected chi connectivity index (χ1v) is 25.0. The molecule has 3 atom stereocenters. The highest BCUT2D eigenvalue weighted by atomic mass is 31.2. The molecule has 0 aliphatic rings. The molecular formula is C46H91N2O6P. The van der Waals surface area contributed by atoms with E-state index in [-0.39, 0.29) is 25.7 Å². The standard InChI is InChI=1S/C46H91N2O6P/c1-3-5-7-9-11-13-15-17-19-21-22-24-25-27-29-31-33-35-37-39-45(49)44(43-54-55(51,52)53-42-41-47)48-46(50)40-38-36-34-32-30-28-26-23-20-18-16-14-12-10-8-6-4-2/h18,20,37,39,44-45,49H,3-17,19,21-36,38,40-43,47H2,1-2H3,(H,48,50)(H,51,52)/b20-18-,39-37+. The fraction of sp³-hybridized carbons (Fsp3) is 0.891. The van der Waals surface area contributed by atoms with E-state index in [1.807, 2.05) is 6.08 Å². The Morgan fingerprint density at radius 3 is 1.35 bits per heavy atom. The third-order valence-corrected chi connectivity index (χ3v) is 11.5. The molecule has 0 saturated carbocycles. The molecule has 0 fully saturated rings. The number of aliphatic hydroxyl groups excluding tert-OH is 1. The number of unbranched alkanes of at least 4 members (excludes halogenated alkanes) is 30. The van der Waals surface area contributed by atoms with Gasteiger partial charge in [-0.1, -0.05) is 205 Å². The second kappa shape index (κ2) is 42.6. The zero-order valence-corrected chi connectivity index (χ0v) is 37.1. The number of carbonyl (C=O) groups excluding carboxylic acids is 1. The van der Waals surface area contributed by atoms with Crippen LogP contribution in [0.25, 0.3) is 0 Å². The first-order chi connectivity index (χ1) is 26.9. The normalized spacial score (nSPS) is 14.2. The van der Waals surface area contributed by atoms with Gasteiger partial charge in [0.1, 0.15) is 0 Å². The van der Waals surface area contributed by atoms with Crippen molar-refractivity contribution in [1.82, 2.24) is 5.32 Å². The Morgan fingerprint density at radius 1 is 0.582 bits per heavy atom. The molecular weight excluding hydrogens is 707 g/mol. The van der Waals surface area contributed by atoms with Crippen molar-refractivity contribution in [3.05, 3.63) is 24.3 Å². The van der Waals surface area contributed by atoms with Crippen LogP contribution < -0.4 is 11.1 Å². The average molecular weight is 799 g/mol. The van der Waals surface area contributed by atoms with Crippen LogP contribution in [0.15, 0.2) is 24.3 Å². The number of nitrogens with one attached hydrogen (secondary N) is 1. The smallest absolute Gasteiger partial charge is 0.387 e. The molecule has 0 spiro atoms. The summed E-state index contributed by atoms with van der Waals surface area (Å²) in [6, 6.07) is -0.860. The first-order valence-electron chi connectivity index (χ1n) is 23.5. The van der Waals surface area contributed by atoms with Crippen LogP contribution in [0.4, 0.5) is 0 Å². The van der Waals surface area contributed by atoms with Crippen LogP contribution in [0.2, 0.25) is 0 Å². The summed E-state index contributed by atoms with van der Waals surface area (Å²) >= 11 is 0. The van der Waals surface area contributed by atoms with E-state index >= 15 is 0 Å². The number of nitrogens with two attached hydrogens (primary N) is 1. The maximum absolute atomic E-state index is 12.8. The lowest BCUT2D eigenvalue weighted by Gasteiger charge is -2.23. The molecule has 0 saturated heterocycles. The van der Waals surface area contributed by atoms with E-state index in [0.717, 1.165) is 38.5 Å². The zero-order chi connectivity index (χ0) is 40.3. The summed E-state index contributed by atoms with van der Waals surface area (Å²) in [4.78, 5) is 22.7. The summed E-state index contributed by atoms with van der Waals surface area (Å²) in [6.45, 7) is 4.15. The van der Waals surface area contributed by atoms with Crippen LogP contribution in [-0.4, -0.2) is 47.8 Å². The monoisotopic (exact) mass is 799 g/mol. The highest BCUT2D eigenvalue weighted by Gasteiger charge is 2.26. The molecule has 0 aliphatic heterocycles. The van der Waals surface area contributed by atoms with Crippen molar-refractivity contribution in [2.75, 3.05) is 19.8 Å². The van der Waals surface area contributed by atoms with Crippen molar-refractivity contribution in [2.24, 2.45) is 5.73 Å². The van der Waals surface area contributed by atoms with E-state index in [1.165, 1.54) is 173 Å². The summed E-state index contributed by atoms with van der Waals surface area (Å²) in [5, 5.41) is 13.7. The second-order valence-corrected chi connectivity index (χ2v) is 17.4. The molecule has 5 N–H and O–H groups in total. The Labute approximate surface area is 340 Å². The van der Waals surface area contributed by atoms with E-state index in [4.69, 9.17) is 14.8 Å². The van der Waals surface area contributed by atoms with E-state index in [1.54, 1.807) is 6.08 Å². The second-order valence-electron chi connectivity index (χ2n) is 16.0. The van der Waals surface area contributed by atoms with E-state index in [9.17, 15) is 19.4 Å². The van der Waals surface area contributed by atoms with Crippen molar-refractivity contribution in [3.8, 4) is 0 Å². The van der Waals surface area contributed by atoms with Gasteiger partial charge in [0.05, 0.1) is 25.4 Å². The molecule has 326 valence electrons. The van der Waals surface area contributed by atoms with Gasteiger partial charge < -0.3 is 21.1 Å². The minimum atomic E-state index is -4.34. The third-order valence-electron chi connectivity index (χ3n) is 10.5. The highest BCUT2D eigenvalue weighted by Crippen LogP contribution is 2.43. The number of phosphoric acid groups is 1. The van der Waals surface area contributed by atoms with Gasteiger partial charge in [0.25, 0.3) is 0 Å². The number of hydrogen-bond donors (Lipinski definition) is 4. The largest absolute Gasteiger partial charge is 0.472 e. The van der Waals surface area contributed by atoms with Gasteiger partial charge in [-0.05, 0) is 44.9 Å². The minimum Gasteiger partial charge on any atom is -0.387 e. The third kappa shape index (κ3) is 41.0. The quantitative estimate of drug-likeness (QED) is 0.0274. The van der Waals surface area contributed by atoms with Crippen LogP contribution >= 0.6 is 7.82 Å². The molecule has 0 aromatic rings. The van der Waals surface area contributed by atoms with Gasteiger partial charge >= 0.3 is 7.82 Å². The van der Waals surface area contributed by atoms with Gasteiger partial charge in [0.15, 0.2) is 0 Å². The number of allylic oxidation sites excluding steroid dienone is 3. The molecule has 0 aromatic carbocycles. The molecule has 0 bridgehead atoms. The fourth-order valence-corrected chi connectivity index (χ4v) is 7.71. The lowest BCUT2D eigenvalue weighted by atomic mass is 10.0. The number of carbonyl (C=O) groups is 1. The predicted octanol–water partition coefficient (Wildman–Crippen LogP) is 13.3. The first kappa shape index (κ1) is 54.0. The Balaban J connectivity index is 4.16. The Bertz CT molecular complexity index is 917. The summed E-state index contributed by atoms with van der Waals surface area (Å²) in [7, 11) is -4.34. The summed E-state index contributed by atoms with van der Waals surface area (Å²) in [5.74, 6) is -0.197. The SMILES string of the molecule is CCCCCCCC/C=C\CCCCCCCCCC(=O)NC(COP(=O)(O)OCCN)C(O)/C=C/CCCCCCCCCCCCCCCCCCC. The lowest BCUT2D eigenvalue weighted by molar-refractivity contribution is -0.123. The highest BCUT2D eigenvalue weighted by molar-refractivity contribution is 7.47. The van der Waals surface area contributed by atoms with Crippen molar-refractivity contribution >= 4 is 13.7 Å². The number of phosphoric ester groups is 1. The summed E-state index contributed by atoms with van der Waals surface area (Å²) in [5.41, 5.74) is 5.38. The Morgan fingerprint density at radius 2 is 0.945 bits per heavy atom. The van der Waals surface area contributed by atoms with Crippen molar-refractivity contribution in [2.45, 2.75) is 244 Å². The molecule has 8 nitrogen and oxygen atoms in total. The van der Waals surface area contributed by atoms with Gasteiger partial charge in [-0.2, -0.15) is 0 Å². The molecule has 0 heterocycles. The van der Waals surface area contributed by atoms with Crippen LogP contribution in [0, 0.1) is 0 Å². The van der Waals surface area contributed by atoms with Crippen LogP contribution in [0.5, 0.6) is 0 Å². The van der Waals surface area contributed by atoms with Crippen LogP contribution in [-0.2, 0) is 18.4 Å². The summed E-state index contributed by atoms with van der Waals surface area (Å²) < 4.78 is 22.2. The molecule has 3 unspecified atom stereocenters. The van der Waals surface area contributed by atoms with Gasteiger partial charge in [-0.15, -0.1) is 0 Å². The Kier molecular flexibility index (Phi) is 41.8. The number of amides is 1. The maximum atomic E-state index is 12.8. The predicted molar refractivity (Wildman–Crippen MR) is 235 cm³/mol. The van der Waals surface area contributed by atoms with Crippen molar-refractivity contribution in [1.29, 1.82) is 0 Å². The van der Waals surface area contributed by atoms with Crippen molar-refractivity contribution < 1.29 is 28.4 Å². The summed E-state index contributed by atoms with van der Waals surface area (Å²) in [6.07, 6.45) is 49.4. The molecule has 9 heteroatoms. The Hall–Kier alpha value is -1.02. The average Bonchev–Trinajstić information content (AvgIpc) is 3.17. The number of aliphatic hydroxyl groups is 1. The van der Waals surface area contributed by atoms with Gasteiger partial charge in [-0.25, -0.2) is 4.57 Å². The van der Waals surface area contributed by atoms with Gasteiger partial charge in [-0.3, -0.25) is 13.8 Å². The van der Waals surface area contributed by atoms with Crippen molar-refractivity contribution in [3.63, 3.8) is 0 Å². The maximum Gasteiger partial charge on any atom is 0.472 e. The minimum absolute atomic E-state index is 0.0789. The topological polar surface area (TPSA) is 131 Å². The number of rotatable bonds is 44. The molecule has 0 aromatic heterocycles.